The van der Waals surface area contributed by atoms with Crippen LogP contribution in [0.4, 0.5) is 4.39 Å². The molecule has 0 saturated carbocycles. The second kappa shape index (κ2) is 11.0. The molecule has 3 aromatic rings. The quantitative estimate of drug-likeness (QED) is 0.236. The van der Waals surface area contributed by atoms with E-state index >= 15 is 0 Å². The summed E-state index contributed by atoms with van der Waals surface area (Å²) in [4.78, 5) is 12.1. The summed E-state index contributed by atoms with van der Waals surface area (Å²) in [7, 11) is 0. The van der Waals surface area contributed by atoms with E-state index in [1.54, 1.807) is 6.08 Å². The van der Waals surface area contributed by atoms with Crippen molar-refractivity contribution in [1.82, 2.24) is 0 Å². The molecule has 0 unspecified atom stereocenters. The molecule has 2 nitrogen and oxygen atoms in total. The lowest BCUT2D eigenvalue weighted by atomic mass is 10.1. The van der Waals surface area contributed by atoms with Gasteiger partial charge in [-0.2, -0.15) is 0 Å². The van der Waals surface area contributed by atoms with Gasteiger partial charge in [0, 0.05) is 5.56 Å². The maximum atomic E-state index is 12.9. The fraction of sp³-hybridized carbons (Fsp3) is 0.148. The van der Waals surface area contributed by atoms with Gasteiger partial charge in [0.15, 0.2) is 5.78 Å². The summed E-state index contributed by atoms with van der Waals surface area (Å²) in [5.74, 6) is -0.497. The normalized spacial score (nSPS) is 11.7. The monoisotopic (exact) mass is 400 g/mol. The van der Waals surface area contributed by atoms with Gasteiger partial charge in [0.05, 0.1) is 13.2 Å². The standard InChI is InChI=1S/C27H25FO2/c1-21(24-5-3-2-4-6-24)17-19-30-20-18-23-9-7-22(8-10-23)11-16-27(29)25-12-14-26(28)15-13-25/h2-17H,18-20H2,1H3. The van der Waals surface area contributed by atoms with Crippen LogP contribution in [0, 0.1) is 5.82 Å². The van der Waals surface area contributed by atoms with Crippen LogP contribution in [0.3, 0.4) is 0 Å². The van der Waals surface area contributed by atoms with Crippen LogP contribution >= 0.6 is 0 Å². The Balaban J connectivity index is 1.43. The predicted molar refractivity (Wildman–Crippen MR) is 121 cm³/mol. The summed E-state index contributed by atoms with van der Waals surface area (Å²) in [5.41, 5.74) is 5.01. The highest BCUT2D eigenvalue weighted by Crippen LogP contribution is 2.13. The number of ether oxygens (including phenoxy) is 1. The van der Waals surface area contributed by atoms with Crippen molar-refractivity contribution in [2.45, 2.75) is 13.3 Å². The zero-order valence-corrected chi connectivity index (χ0v) is 17.1. The molecular weight excluding hydrogens is 375 g/mol. The first-order valence-electron chi connectivity index (χ1n) is 9.99. The van der Waals surface area contributed by atoms with Gasteiger partial charge >= 0.3 is 0 Å². The molecule has 3 rings (SSSR count). The van der Waals surface area contributed by atoms with Crippen LogP contribution in [0.5, 0.6) is 0 Å². The number of benzene rings is 3. The van der Waals surface area contributed by atoms with Crippen LogP contribution in [0.2, 0.25) is 0 Å². The highest BCUT2D eigenvalue weighted by atomic mass is 19.1. The molecule has 0 aliphatic rings. The molecule has 3 heteroatoms. The van der Waals surface area contributed by atoms with Crippen molar-refractivity contribution in [3.05, 3.63) is 119 Å². The number of hydrogen-bond donors (Lipinski definition) is 0. The minimum Gasteiger partial charge on any atom is -0.377 e. The molecule has 0 saturated heterocycles. The second-order valence-electron chi connectivity index (χ2n) is 7.02. The van der Waals surface area contributed by atoms with Gasteiger partial charge < -0.3 is 4.74 Å². The molecule has 0 aliphatic heterocycles. The van der Waals surface area contributed by atoms with E-state index in [1.807, 2.05) is 42.5 Å². The van der Waals surface area contributed by atoms with Crippen molar-refractivity contribution >= 4 is 17.4 Å². The van der Waals surface area contributed by atoms with E-state index in [2.05, 4.69) is 25.1 Å². The van der Waals surface area contributed by atoms with Gasteiger partial charge in [-0.05, 0) is 65.9 Å². The molecule has 0 heterocycles. The topological polar surface area (TPSA) is 26.3 Å². The molecule has 3 aromatic carbocycles. The third-order valence-electron chi connectivity index (χ3n) is 4.81. The van der Waals surface area contributed by atoms with E-state index in [4.69, 9.17) is 4.74 Å². The Labute approximate surface area is 177 Å². The summed E-state index contributed by atoms with van der Waals surface area (Å²) in [5, 5.41) is 0. The molecule has 0 spiro atoms. The maximum absolute atomic E-state index is 12.9. The summed E-state index contributed by atoms with van der Waals surface area (Å²) in [6.07, 6.45) is 6.20. The first-order chi connectivity index (χ1) is 14.6. The van der Waals surface area contributed by atoms with Crippen molar-refractivity contribution in [3.8, 4) is 0 Å². The smallest absolute Gasteiger partial charge is 0.185 e. The van der Waals surface area contributed by atoms with Crippen LogP contribution in [0.15, 0.2) is 91.0 Å². The molecule has 0 amide bonds. The van der Waals surface area contributed by atoms with Crippen molar-refractivity contribution < 1.29 is 13.9 Å². The Hall–Kier alpha value is -3.30. The second-order valence-corrected chi connectivity index (χ2v) is 7.02. The molecule has 152 valence electrons. The largest absolute Gasteiger partial charge is 0.377 e. The number of hydrogen-bond acceptors (Lipinski definition) is 2. The molecule has 0 aliphatic carbocycles. The Bertz CT molecular complexity index is 1000. The van der Waals surface area contributed by atoms with Gasteiger partial charge in [-0.25, -0.2) is 4.39 Å². The molecule has 0 fully saturated rings. The molecule has 0 radical (unpaired) electrons. The van der Waals surface area contributed by atoms with Crippen LogP contribution in [-0.4, -0.2) is 19.0 Å². The molecule has 0 N–H and O–H groups in total. The minimum absolute atomic E-state index is 0.147. The van der Waals surface area contributed by atoms with Crippen molar-refractivity contribution in [2.75, 3.05) is 13.2 Å². The average molecular weight is 400 g/mol. The van der Waals surface area contributed by atoms with E-state index < -0.39 is 0 Å². The third-order valence-corrected chi connectivity index (χ3v) is 4.81. The Morgan fingerprint density at radius 1 is 0.900 bits per heavy atom. The van der Waals surface area contributed by atoms with E-state index in [0.29, 0.717) is 18.8 Å². The number of rotatable bonds is 9. The zero-order chi connectivity index (χ0) is 21.2. The van der Waals surface area contributed by atoms with Gasteiger partial charge in [0.1, 0.15) is 5.82 Å². The van der Waals surface area contributed by atoms with E-state index in [-0.39, 0.29) is 11.6 Å². The third kappa shape index (κ3) is 6.64. The zero-order valence-electron chi connectivity index (χ0n) is 17.1. The maximum Gasteiger partial charge on any atom is 0.185 e. The average Bonchev–Trinajstić information content (AvgIpc) is 2.79. The highest BCUT2D eigenvalue weighted by molar-refractivity contribution is 6.06. The SMILES string of the molecule is CC(=CCOCCc1ccc(C=CC(=O)c2ccc(F)cc2)cc1)c1ccccc1. The van der Waals surface area contributed by atoms with Crippen molar-refractivity contribution in [2.24, 2.45) is 0 Å². The number of ketones is 1. The first-order valence-corrected chi connectivity index (χ1v) is 9.99. The first kappa shape index (κ1) is 21.4. The number of allylic oxidation sites excluding steroid dienone is 2. The summed E-state index contributed by atoms with van der Waals surface area (Å²) in [6, 6.07) is 23.8. The minimum atomic E-state index is -0.350. The van der Waals surface area contributed by atoms with Gasteiger partial charge in [-0.15, -0.1) is 0 Å². The van der Waals surface area contributed by atoms with E-state index in [9.17, 15) is 9.18 Å². The highest BCUT2D eigenvalue weighted by Gasteiger charge is 2.01. The van der Waals surface area contributed by atoms with E-state index in [1.165, 1.54) is 47.0 Å². The lowest BCUT2D eigenvalue weighted by Gasteiger charge is -2.05. The summed E-state index contributed by atoms with van der Waals surface area (Å²) < 4.78 is 18.7. The van der Waals surface area contributed by atoms with Crippen LogP contribution < -0.4 is 0 Å². The van der Waals surface area contributed by atoms with Gasteiger partial charge in [0.25, 0.3) is 0 Å². The number of carbonyl (C=O) groups excluding carboxylic acids is 1. The summed E-state index contributed by atoms with van der Waals surface area (Å²) in [6.45, 7) is 3.33. The molecule has 0 aromatic heterocycles. The van der Waals surface area contributed by atoms with Crippen LogP contribution in [0.25, 0.3) is 11.6 Å². The van der Waals surface area contributed by atoms with Crippen LogP contribution in [0.1, 0.15) is 34.0 Å². The molecule has 30 heavy (non-hydrogen) atoms. The summed E-state index contributed by atoms with van der Waals surface area (Å²) >= 11 is 0. The van der Waals surface area contributed by atoms with Gasteiger partial charge in [-0.1, -0.05) is 66.7 Å². The number of halogens is 1. The Morgan fingerprint density at radius 2 is 1.60 bits per heavy atom. The fourth-order valence-electron chi connectivity index (χ4n) is 2.95. The lowest BCUT2D eigenvalue weighted by molar-refractivity contribution is 0.104. The number of carbonyl (C=O) groups is 1. The fourth-order valence-corrected chi connectivity index (χ4v) is 2.95. The molecular formula is C27H25FO2. The van der Waals surface area contributed by atoms with Gasteiger partial charge in [-0.3, -0.25) is 4.79 Å². The predicted octanol–water partition coefficient (Wildman–Crippen LogP) is 6.38. The Kier molecular flexibility index (Phi) is 7.87. The lowest BCUT2D eigenvalue weighted by Crippen LogP contribution is -1.99. The Morgan fingerprint density at radius 3 is 2.30 bits per heavy atom. The van der Waals surface area contributed by atoms with E-state index in [0.717, 1.165) is 12.0 Å². The molecule has 0 bridgehead atoms. The van der Waals surface area contributed by atoms with Crippen molar-refractivity contribution in [3.63, 3.8) is 0 Å². The van der Waals surface area contributed by atoms with Crippen molar-refractivity contribution in [1.29, 1.82) is 0 Å². The van der Waals surface area contributed by atoms with Crippen LogP contribution in [-0.2, 0) is 11.2 Å². The van der Waals surface area contributed by atoms with Gasteiger partial charge in [0.2, 0.25) is 0 Å². The molecule has 0 atom stereocenters.